The van der Waals surface area contributed by atoms with Crippen LogP contribution in [-0.2, 0) is 19.4 Å². The standard InChI is InChI=1S/C21H19N3O5S2/c1-2-29-21(26)15-7-6-8-16(13-15)22-18(25)14-30-19-11-12-20(24-23-19)31(27,28)17-9-4-3-5-10-17/h3-13H,2,14H2,1H3,(H,22,25). The number of anilines is 1. The fourth-order valence-electron chi connectivity index (χ4n) is 2.52. The number of ether oxygens (including phenoxy) is 1. The lowest BCUT2D eigenvalue weighted by Crippen LogP contribution is -2.15. The second kappa shape index (κ2) is 10.2. The highest BCUT2D eigenvalue weighted by Gasteiger charge is 2.19. The van der Waals surface area contributed by atoms with Gasteiger partial charge in [-0.1, -0.05) is 36.0 Å². The van der Waals surface area contributed by atoms with Gasteiger partial charge in [-0.3, -0.25) is 4.79 Å². The Bertz CT molecular complexity index is 1170. The molecule has 160 valence electrons. The fourth-order valence-corrected chi connectivity index (χ4v) is 4.29. The summed E-state index contributed by atoms with van der Waals surface area (Å²) in [4.78, 5) is 24.1. The van der Waals surface area contributed by atoms with Crippen molar-refractivity contribution in [1.82, 2.24) is 10.2 Å². The summed E-state index contributed by atoms with van der Waals surface area (Å²) in [7, 11) is -3.74. The molecule has 10 heteroatoms. The summed E-state index contributed by atoms with van der Waals surface area (Å²) in [5, 5.41) is 10.6. The Morgan fingerprint density at radius 3 is 2.45 bits per heavy atom. The lowest BCUT2D eigenvalue weighted by Gasteiger charge is -2.07. The topological polar surface area (TPSA) is 115 Å². The van der Waals surface area contributed by atoms with Gasteiger partial charge < -0.3 is 10.1 Å². The second-order valence-electron chi connectivity index (χ2n) is 6.16. The van der Waals surface area contributed by atoms with Crippen molar-refractivity contribution < 1.29 is 22.7 Å². The third-order valence-corrected chi connectivity index (χ3v) is 6.53. The molecular weight excluding hydrogens is 438 g/mol. The zero-order valence-electron chi connectivity index (χ0n) is 16.5. The molecule has 0 aliphatic carbocycles. The Morgan fingerprint density at radius 2 is 1.77 bits per heavy atom. The van der Waals surface area contributed by atoms with Crippen molar-refractivity contribution >= 4 is 39.2 Å². The van der Waals surface area contributed by atoms with Crippen LogP contribution >= 0.6 is 11.8 Å². The number of carbonyl (C=O) groups is 2. The SMILES string of the molecule is CCOC(=O)c1cccc(NC(=O)CSc2ccc(S(=O)(=O)c3ccccc3)nn2)c1. The average molecular weight is 458 g/mol. The molecule has 3 aromatic rings. The maximum atomic E-state index is 12.5. The average Bonchev–Trinajstić information content (AvgIpc) is 2.79. The van der Waals surface area contributed by atoms with Crippen LogP contribution in [0.15, 0.2) is 81.7 Å². The zero-order valence-corrected chi connectivity index (χ0v) is 18.2. The summed E-state index contributed by atoms with van der Waals surface area (Å²) in [6.07, 6.45) is 0. The molecule has 8 nitrogen and oxygen atoms in total. The molecule has 0 fully saturated rings. The summed E-state index contributed by atoms with van der Waals surface area (Å²) in [5.41, 5.74) is 0.805. The molecule has 1 amide bonds. The Labute approximate surface area is 184 Å². The van der Waals surface area contributed by atoms with Gasteiger partial charge >= 0.3 is 5.97 Å². The van der Waals surface area contributed by atoms with Crippen LogP contribution in [0, 0.1) is 0 Å². The highest BCUT2D eigenvalue weighted by Crippen LogP contribution is 2.21. The molecule has 0 saturated heterocycles. The number of aromatic nitrogens is 2. The van der Waals surface area contributed by atoms with Gasteiger partial charge in [0.05, 0.1) is 22.8 Å². The third-order valence-electron chi connectivity index (χ3n) is 3.95. The summed E-state index contributed by atoms with van der Waals surface area (Å²) in [6.45, 7) is 1.98. The van der Waals surface area contributed by atoms with Gasteiger partial charge in [0.25, 0.3) is 0 Å². The van der Waals surface area contributed by atoms with Crippen LogP contribution in [0.1, 0.15) is 17.3 Å². The van der Waals surface area contributed by atoms with Gasteiger partial charge in [-0.05, 0) is 49.4 Å². The molecule has 0 radical (unpaired) electrons. The normalized spacial score (nSPS) is 11.0. The smallest absolute Gasteiger partial charge is 0.338 e. The van der Waals surface area contributed by atoms with E-state index in [4.69, 9.17) is 4.74 Å². The first-order chi connectivity index (χ1) is 14.9. The molecule has 0 aliphatic heterocycles. The van der Waals surface area contributed by atoms with E-state index >= 15 is 0 Å². The second-order valence-corrected chi connectivity index (χ2v) is 9.06. The number of benzene rings is 2. The van der Waals surface area contributed by atoms with Gasteiger partial charge in [0.15, 0.2) is 5.03 Å². The number of rotatable bonds is 8. The van der Waals surface area contributed by atoms with Gasteiger partial charge in [0.2, 0.25) is 15.7 Å². The van der Waals surface area contributed by atoms with Crippen LogP contribution in [-0.4, -0.2) is 42.9 Å². The van der Waals surface area contributed by atoms with Crippen LogP contribution in [0.3, 0.4) is 0 Å². The minimum Gasteiger partial charge on any atom is -0.462 e. The predicted molar refractivity (Wildman–Crippen MR) is 116 cm³/mol. The van der Waals surface area contributed by atoms with E-state index in [1.165, 1.54) is 30.3 Å². The largest absolute Gasteiger partial charge is 0.462 e. The molecule has 1 heterocycles. The Kier molecular flexibility index (Phi) is 7.37. The number of hydrogen-bond donors (Lipinski definition) is 1. The van der Waals surface area contributed by atoms with Crippen LogP contribution in [0.2, 0.25) is 0 Å². The van der Waals surface area contributed by atoms with Gasteiger partial charge in [-0.25, -0.2) is 13.2 Å². The van der Waals surface area contributed by atoms with E-state index in [-0.39, 0.29) is 28.2 Å². The van der Waals surface area contributed by atoms with Gasteiger partial charge in [-0.15, -0.1) is 10.2 Å². The van der Waals surface area contributed by atoms with Crippen molar-refractivity contribution in [3.63, 3.8) is 0 Å². The molecule has 0 aliphatic rings. The lowest BCUT2D eigenvalue weighted by molar-refractivity contribution is -0.113. The lowest BCUT2D eigenvalue weighted by atomic mass is 10.2. The fraction of sp³-hybridized carbons (Fsp3) is 0.143. The van der Waals surface area contributed by atoms with Gasteiger partial charge in [0.1, 0.15) is 5.03 Å². The molecule has 0 unspecified atom stereocenters. The minimum atomic E-state index is -3.74. The Hall–Kier alpha value is -3.24. The van der Waals surface area contributed by atoms with Gasteiger partial charge in [0, 0.05) is 5.69 Å². The number of nitrogens with zero attached hydrogens (tertiary/aromatic N) is 2. The van der Waals surface area contributed by atoms with E-state index in [1.807, 2.05) is 0 Å². The number of amides is 1. The maximum Gasteiger partial charge on any atom is 0.338 e. The first kappa shape index (κ1) is 22.4. The first-order valence-corrected chi connectivity index (χ1v) is 11.7. The highest BCUT2D eigenvalue weighted by atomic mass is 32.2. The number of esters is 1. The first-order valence-electron chi connectivity index (χ1n) is 9.24. The molecule has 0 bridgehead atoms. The van der Waals surface area contributed by atoms with Crippen LogP contribution < -0.4 is 5.32 Å². The van der Waals surface area contributed by atoms with Crippen molar-refractivity contribution in [3.8, 4) is 0 Å². The molecule has 1 N–H and O–H groups in total. The molecular formula is C21H19N3O5S2. The summed E-state index contributed by atoms with van der Waals surface area (Å²) in [5.74, 6) is -0.745. The van der Waals surface area contributed by atoms with E-state index < -0.39 is 15.8 Å². The molecule has 0 atom stereocenters. The number of nitrogens with one attached hydrogen (secondary N) is 1. The van der Waals surface area contributed by atoms with Crippen molar-refractivity contribution in [3.05, 3.63) is 72.3 Å². The van der Waals surface area contributed by atoms with E-state index in [9.17, 15) is 18.0 Å². The van der Waals surface area contributed by atoms with Crippen LogP contribution in [0.25, 0.3) is 0 Å². The predicted octanol–water partition coefficient (Wildman–Crippen LogP) is 3.22. The number of sulfone groups is 1. The minimum absolute atomic E-state index is 0.0308. The number of carbonyl (C=O) groups excluding carboxylic acids is 2. The summed E-state index contributed by atoms with van der Waals surface area (Å²) >= 11 is 1.11. The molecule has 2 aromatic carbocycles. The summed E-state index contributed by atoms with van der Waals surface area (Å²) in [6, 6.07) is 17.3. The molecule has 3 rings (SSSR count). The van der Waals surface area contributed by atoms with E-state index in [2.05, 4.69) is 15.5 Å². The van der Waals surface area contributed by atoms with Crippen LogP contribution in [0.5, 0.6) is 0 Å². The molecule has 1 aromatic heterocycles. The molecule has 0 spiro atoms. The van der Waals surface area contributed by atoms with E-state index in [1.54, 1.807) is 43.3 Å². The van der Waals surface area contributed by atoms with E-state index in [0.717, 1.165) is 11.8 Å². The molecule has 0 saturated carbocycles. The monoisotopic (exact) mass is 457 g/mol. The van der Waals surface area contributed by atoms with Crippen molar-refractivity contribution in [2.24, 2.45) is 0 Å². The Balaban J connectivity index is 1.59. The van der Waals surface area contributed by atoms with Crippen molar-refractivity contribution in [2.75, 3.05) is 17.7 Å². The third kappa shape index (κ3) is 5.89. The molecule has 31 heavy (non-hydrogen) atoms. The number of hydrogen-bond acceptors (Lipinski definition) is 8. The maximum absolute atomic E-state index is 12.5. The van der Waals surface area contributed by atoms with Gasteiger partial charge in [-0.2, -0.15) is 0 Å². The van der Waals surface area contributed by atoms with E-state index in [0.29, 0.717) is 16.3 Å². The Morgan fingerprint density at radius 1 is 1.00 bits per heavy atom. The van der Waals surface area contributed by atoms with Crippen LogP contribution in [0.4, 0.5) is 5.69 Å². The highest BCUT2D eigenvalue weighted by molar-refractivity contribution is 7.99. The van der Waals surface area contributed by atoms with Crippen molar-refractivity contribution in [2.45, 2.75) is 21.9 Å². The summed E-state index contributed by atoms with van der Waals surface area (Å²) < 4.78 is 30.0. The zero-order chi connectivity index (χ0) is 22.3. The number of thioether (sulfide) groups is 1. The quantitative estimate of drug-likeness (QED) is 0.405. The van der Waals surface area contributed by atoms with Crippen molar-refractivity contribution in [1.29, 1.82) is 0 Å².